The molecule has 0 bridgehead atoms. The number of carbonyl (C=O) groups is 2. The van der Waals surface area contributed by atoms with Gasteiger partial charge in [-0.25, -0.2) is 0 Å². The molecule has 0 radical (unpaired) electrons. The van der Waals surface area contributed by atoms with Crippen LogP contribution >= 0.6 is 0 Å². The first-order chi connectivity index (χ1) is 15.1. The van der Waals surface area contributed by atoms with Gasteiger partial charge in [0.15, 0.2) is 0 Å². The van der Waals surface area contributed by atoms with E-state index in [4.69, 9.17) is 9.47 Å². The molecule has 0 saturated carbocycles. The second kappa shape index (κ2) is 14.4. The van der Waals surface area contributed by atoms with Crippen molar-refractivity contribution in [2.75, 3.05) is 0 Å². The van der Waals surface area contributed by atoms with E-state index in [2.05, 4.69) is 55.4 Å². The zero-order valence-corrected chi connectivity index (χ0v) is 23.8. The maximum absolute atomic E-state index is 12.8. The van der Waals surface area contributed by atoms with Crippen molar-refractivity contribution in [1.29, 1.82) is 0 Å². The summed E-state index contributed by atoms with van der Waals surface area (Å²) in [5.41, 5.74) is -1.64. The second-order valence-electron chi connectivity index (χ2n) is 12.4. The van der Waals surface area contributed by atoms with Crippen molar-refractivity contribution in [3.05, 3.63) is 0 Å². The number of hydrogen-bond donors (Lipinski definition) is 0. The molecule has 0 aromatic heterocycles. The Hall–Kier alpha value is -1.06. The highest BCUT2D eigenvalue weighted by atomic mass is 16.6. The lowest BCUT2D eigenvalue weighted by Gasteiger charge is -2.42. The molecule has 2 atom stereocenters. The minimum Gasteiger partial charge on any atom is -0.458 e. The van der Waals surface area contributed by atoms with Gasteiger partial charge in [-0.1, -0.05) is 107 Å². The van der Waals surface area contributed by atoms with Gasteiger partial charge >= 0.3 is 11.9 Å². The summed E-state index contributed by atoms with van der Waals surface area (Å²) in [5, 5.41) is 0. The Kier molecular flexibility index (Phi) is 13.9. The summed E-state index contributed by atoms with van der Waals surface area (Å²) in [6.45, 7) is 21.0. The van der Waals surface area contributed by atoms with E-state index in [1.165, 1.54) is 38.5 Å². The minimum absolute atomic E-state index is 0.213. The third-order valence-electron chi connectivity index (χ3n) is 7.65. The Labute approximate surface area is 206 Å². The standard InChI is InChI=1S/C29H56O4/c1-11-13-15-17-19-21-28(9,26(3,4)5)32-24(30)23-25(31)33-29(10,27(6,7)8)22-20-18-16-14-12-2/h11-23H2,1-10H3. The molecule has 0 aromatic rings. The average molecular weight is 469 g/mol. The largest absolute Gasteiger partial charge is 0.458 e. The third kappa shape index (κ3) is 11.8. The highest BCUT2D eigenvalue weighted by Crippen LogP contribution is 2.40. The fourth-order valence-electron chi connectivity index (χ4n) is 3.98. The molecule has 0 fully saturated rings. The van der Waals surface area contributed by atoms with E-state index in [0.29, 0.717) is 0 Å². The molecule has 0 N–H and O–H groups in total. The first-order valence-electron chi connectivity index (χ1n) is 13.6. The van der Waals surface area contributed by atoms with Crippen LogP contribution in [0.5, 0.6) is 0 Å². The molecule has 4 nitrogen and oxygen atoms in total. The first kappa shape index (κ1) is 31.9. The molecule has 0 aromatic carbocycles. The van der Waals surface area contributed by atoms with E-state index in [9.17, 15) is 9.59 Å². The van der Waals surface area contributed by atoms with E-state index in [0.717, 1.165) is 38.5 Å². The van der Waals surface area contributed by atoms with Crippen molar-refractivity contribution in [3.63, 3.8) is 0 Å². The number of rotatable bonds is 16. The van der Waals surface area contributed by atoms with E-state index in [1.54, 1.807) is 0 Å². The predicted octanol–water partition coefficient (Wildman–Crippen LogP) is 8.79. The van der Waals surface area contributed by atoms with Gasteiger partial charge < -0.3 is 9.47 Å². The molecule has 0 spiro atoms. The Bertz CT molecular complexity index is 519. The SMILES string of the molecule is CCCCCCCC(C)(OC(=O)CC(=O)OC(C)(CCCCCCC)C(C)(C)C)C(C)(C)C. The summed E-state index contributed by atoms with van der Waals surface area (Å²) in [6, 6.07) is 0. The molecule has 0 heterocycles. The normalized spacial score (nSPS) is 16.1. The number of unbranched alkanes of at least 4 members (excludes halogenated alkanes) is 8. The van der Waals surface area contributed by atoms with Crippen molar-refractivity contribution >= 4 is 11.9 Å². The zero-order valence-electron chi connectivity index (χ0n) is 23.8. The average Bonchev–Trinajstić information content (AvgIpc) is 2.65. The van der Waals surface area contributed by atoms with Crippen molar-refractivity contribution < 1.29 is 19.1 Å². The third-order valence-corrected chi connectivity index (χ3v) is 7.65. The fourth-order valence-corrected chi connectivity index (χ4v) is 3.98. The van der Waals surface area contributed by atoms with Crippen LogP contribution in [0.4, 0.5) is 0 Å². The smallest absolute Gasteiger partial charge is 0.317 e. The topological polar surface area (TPSA) is 52.6 Å². The van der Waals surface area contributed by atoms with E-state index in [1.807, 2.05) is 13.8 Å². The maximum atomic E-state index is 12.8. The van der Waals surface area contributed by atoms with Crippen LogP contribution in [0.15, 0.2) is 0 Å². The lowest BCUT2D eigenvalue weighted by atomic mass is 9.74. The van der Waals surface area contributed by atoms with Gasteiger partial charge in [-0.2, -0.15) is 0 Å². The number of esters is 2. The van der Waals surface area contributed by atoms with Gasteiger partial charge in [-0.15, -0.1) is 0 Å². The summed E-state index contributed by atoms with van der Waals surface area (Å²) in [7, 11) is 0. The van der Waals surface area contributed by atoms with Crippen molar-refractivity contribution in [2.24, 2.45) is 10.8 Å². The minimum atomic E-state index is -0.608. The summed E-state index contributed by atoms with van der Waals surface area (Å²) < 4.78 is 11.9. The van der Waals surface area contributed by atoms with Crippen LogP contribution in [0.25, 0.3) is 0 Å². The summed E-state index contributed by atoms with van der Waals surface area (Å²) >= 11 is 0. The van der Waals surface area contributed by atoms with Gasteiger partial charge in [0.25, 0.3) is 0 Å². The quantitative estimate of drug-likeness (QED) is 0.129. The van der Waals surface area contributed by atoms with Crippen molar-refractivity contribution in [1.82, 2.24) is 0 Å². The molecule has 0 aliphatic carbocycles. The van der Waals surface area contributed by atoms with Gasteiger partial charge in [0.1, 0.15) is 17.6 Å². The van der Waals surface area contributed by atoms with Crippen LogP contribution in [-0.2, 0) is 19.1 Å². The molecule has 0 saturated heterocycles. The van der Waals surface area contributed by atoms with Crippen LogP contribution < -0.4 is 0 Å². The molecular weight excluding hydrogens is 412 g/mol. The fraction of sp³-hybridized carbons (Fsp3) is 0.931. The Balaban J connectivity index is 5.01. The summed E-state index contributed by atoms with van der Waals surface area (Å²) in [6.07, 6.45) is 12.9. The van der Waals surface area contributed by atoms with E-state index >= 15 is 0 Å². The van der Waals surface area contributed by atoms with Crippen molar-refractivity contribution in [3.8, 4) is 0 Å². The van der Waals surface area contributed by atoms with Gasteiger partial charge in [0.2, 0.25) is 0 Å². The lowest BCUT2D eigenvalue weighted by Crippen LogP contribution is -2.46. The number of carbonyl (C=O) groups excluding carboxylic acids is 2. The molecule has 0 rings (SSSR count). The van der Waals surface area contributed by atoms with Crippen LogP contribution in [0.1, 0.15) is 153 Å². The van der Waals surface area contributed by atoms with Gasteiger partial charge in [-0.05, 0) is 39.5 Å². The lowest BCUT2D eigenvalue weighted by molar-refractivity contribution is -0.183. The van der Waals surface area contributed by atoms with Crippen molar-refractivity contribution in [2.45, 2.75) is 164 Å². The molecule has 0 amide bonds. The summed E-state index contributed by atoms with van der Waals surface area (Å²) in [5.74, 6) is -0.963. The van der Waals surface area contributed by atoms with Crippen LogP contribution in [0.3, 0.4) is 0 Å². The van der Waals surface area contributed by atoms with E-state index < -0.39 is 23.1 Å². The highest BCUT2D eigenvalue weighted by molar-refractivity contribution is 5.91. The van der Waals surface area contributed by atoms with Gasteiger partial charge in [0.05, 0.1) is 0 Å². The van der Waals surface area contributed by atoms with Gasteiger partial charge in [0, 0.05) is 10.8 Å². The van der Waals surface area contributed by atoms with Crippen LogP contribution in [-0.4, -0.2) is 23.1 Å². The Morgan fingerprint density at radius 2 is 0.818 bits per heavy atom. The monoisotopic (exact) mass is 468 g/mol. The number of hydrogen-bond acceptors (Lipinski definition) is 4. The van der Waals surface area contributed by atoms with E-state index in [-0.39, 0.29) is 17.3 Å². The van der Waals surface area contributed by atoms with Gasteiger partial charge in [-0.3, -0.25) is 9.59 Å². The van der Waals surface area contributed by atoms with Crippen LogP contribution in [0, 0.1) is 10.8 Å². The molecular formula is C29H56O4. The molecule has 4 heteroatoms. The number of ether oxygens (including phenoxy) is 2. The molecule has 0 aliphatic heterocycles. The second-order valence-corrected chi connectivity index (χ2v) is 12.4. The summed E-state index contributed by atoms with van der Waals surface area (Å²) in [4.78, 5) is 25.6. The Morgan fingerprint density at radius 1 is 0.515 bits per heavy atom. The zero-order chi connectivity index (χ0) is 25.8. The highest BCUT2D eigenvalue weighted by Gasteiger charge is 2.43. The predicted molar refractivity (Wildman–Crippen MR) is 139 cm³/mol. The maximum Gasteiger partial charge on any atom is 0.317 e. The Morgan fingerprint density at radius 3 is 1.09 bits per heavy atom. The van der Waals surface area contributed by atoms with Crippen LogP contribution in [0.2, 0.25) is 0 Å². The first-order valence-corrected chi connectivity index (χ1v) is 13.6. The molecule has 33 heavy (non-hydrogen) atoms. The molecule has 2 unspecified atom stereocenters. The molecule has 196 valence electrons. The molecule has 0 aliphatic rings.